The fraction of sp³-hybridized carbons (Fsp3) is 0.438. The molecule has 3 heteroatoms. The predicted molar refractivity (Wildman–Crippen MR) is 81.0 cm³/mol. The molecule has 0 fully saturated rings. The first kappa shape index (κ1) is 12.8. The number of benzene rings is 1. The Balaban J connectivity index is 1.99. The van der Waals surface area contributed by atoms with Crippen molar-refractivity contribution in [3.8, 4) is 0 Å². The molecule has 0 radical (unpaired) electrons. The first-order valence-corrected chi connectivity index (χ1v) is 7.73. The van der Waals surface area contributed by atoms with E-state index in [4.69, 9.17) is 4.98 Å². The Morgan fingerprint density at radius 2 is 1.89 bits per heavy atom. The second kappa shape index (κ2) is 5.06. The molecule has 0 saturated heterocycles. The van der Waals surface area contributed by atoms with Crippen LogP contribution in [-0.4, -0.2) is 12.0 Å². The molecule has 3 rings (SSSR count). The SMILES string of the molecule is CNC(c1cc(C)cc(C)c1)c1nc2c(s1)CCC2. The first-order valence-electron chi connectivity index (χ1n) is 6.91. The highest BCUT2D eigenvalue weighted by molar-refractivity contribution is 7.11. The molecule has 19 heavy (non-hydrogen) atoms. The number of nitrogens with one attached hydrogen (secondary N) is 1. The molecule has 100 valence electrons. The zero-order valence-electron chi connectivity index (χ0n) is 11.8. The van der Waals surface area contributed by atoms with Gasteiger partial charge in [0, 0.05) is 4.88 Å². The maximum atomic E-state index is 4.85. The summed E-state index contributed by atoms with van der Waals surface area (Å²) in [5, 5.41) is 4.65. The van der Waals surface area contributed by atoms with Crippen molar-refractivity contribution in [2.24, 2.45) is 0 Å². The maximum Gasteiger partial charge on any atom is 0.115 e. The smallest absolute Gasteiger partial charge is 0.115 e. The zero-order valence-corrected chi connectivity index (χ0v) is 12.6. The Morgan fingerprint density at radius 1 is 1.16 bits per heavy atom. The van der Waals surface area contributed by atoms with E-state index in [-0.39, 0.29) is 6.04 Å². The van der Waals surface area contributed by atoms with E-state index in [2.05, 4.69) is 37.4 Å². The average Bonchev–Trinajstić information content (AvgIpc) is 2.89. The number of fused-ring (bicyclic) bond motifs is 1. The second-order valence-electron chi connectivity index (χ2n) is 5.42. The van der Waals surface area contributed by atoms with E-state index < -0.39 is 0 Å². The van der Waals surface area contributed by atoms with Crippen LogP contribution in [0.2, 0.25) is 0 Å². The molecule has 0 saturated carbocycles. The maximum absolute atomic E-state index is 4.85. The van der Waals surface area contributed by atoms with Crippen LogP contribution in [0.3, 0.4) is 0 Å². The van der Waals surface area contributed by atoms with Gasteiger partial charge in [-0.15, -0.1) is 11.3 Å². The highest BCUT2D eigenvalue weighted by Crippen LogP contribution is 2.33. The van der Waals surface area contributed by atoms with Crippen molar-refractivity contribution in [2.75, 3.05) is 7.05 Å². The van der Waals surface area contributed by atoms with Gasteiger partial charge in [0.15, 0.2) is 0 Å². The normalized spacial score (nSPS) is 15.5. The quantitative estimate of drug-likeness (QED) is 0.924. The van der Waals surface area contributed by atoms with Crippen LogP contribution in [0.4, 0.5) is 0 Å². The molecular formula is C16H20N2S. The summed E-state index contributed by atoms with van der Waals surface area (Å²) in [6.07, 6.45) is 3.66. The van der Waals surface area contributed by atoms with Crippen molar-refractivity contribution in [3.05, 3.63) is 50.5 Å². The minimum Gasteiger partial charge on any atom is -0.307 e. The van der Waals surface area contributed by atoms with E-state index in [1.807, 2.05) is 18.4 Å². The summed E-state index contributed by atoms with van der Waals surface area (Å²) < 4.78 is 0. The molecule has 2 nitrogen and oxygen atoms in total. The van der Waals surface area contributed by atoms with Gasteiger partial charge in [0.2, 0.25) is 0 Å². The number of aryl methyl sites for hydroxylation is 4. The van der Waals surface area contributed by atoms with Crippen LogP contribution in [0, 0.1) is 13.8 Å². The summed E-state index contributed by atoms with van der Waals surface area (Å²) >= 11 is 1.89. The molecule has 0 bridgehead atoms. The molecule has 1 N–H and O–H groups in total. The first-order chi connectivity index (χ1) is 9.17. The number of hydrogen-bond acceptors (Lipinski definition) is 3. The van der Waals surface area contributed by atoms with Gasteiger partial charge in [0.05, 0.1) is 11.7 Å². The van der Waals surface area contributed by atoms with Crippen LogP contribution in [0.5, 0.6) is 0 Å². The molecular weight excluding hydrogens is 252 g/mol. The van der Waals surface area contributed by atoms with Crippen LogP contribution in [0.25, 0.3) is 0 Å². The van der Waals surface area contributed by atoms with Crippen LogP contribution < -0.4 is 5.32 Å². The minimum atomic E-state index is 0.231. The molecule has 0 amide bonds. The molecule has 2 aromatic rings. The molecule has 0 aliphatic heterocycles. The Bertz CT molecular complexity index is 559. The van der Waals surface area contributed by atoms with Gasteiger partial charge in [-0.1, -0.05) is 29.3 Å². The topological polar surface area (TPSA) is 24.9 Å². The van der Waals surface area contributed by atoms with Crippen molar-refractivity contribution in [2.45, 2.75) is 39.2 Å². The summed E-state index contributed by atoms with van der Waals surface area (Å²) in [6.45, 7) is 4.32. The largest absolute Gasteiger partial charge is 0.307 e. The molecule has 1 unspecified atom stereocenters. The minimum absolute atomic E-state index is 0.231. The summed E-state index contributed by atoms with van der Waals surface area (Å²) in [6, 6.07) is 6.98. The van der Waals surface area contributed by atoms with Crippen molar-refractivity contribution >= 4 is 11.3 Å². The van der Waals surface area contributed by atoms with Gasteiger partial charge in [-0.25, -0.2) is 4.98 Å². The van der Waals surface area contributed by atoms with Gasteiger partial charge in [-0.3, -0.25) is 0 Å². The fourth-order valence-corrected chi connectivity index (χ4v) is 4.24. The van der Waals surface area contributed by atoms with Gasteiger partial charge in [-0.05, 0) is 45.7 Å². The Labute approximate surface area is 118 Å². The molecule has 1 aromatic carbocycles. The van der Waals surface area contributed by atoms with Gasteiger partial charge >= 0.3 is 0 Å². The molecule has 1 aromatic heterocycles. The lowest BCUT2D eigenvalue weighted by Gasteiger charge is -2.15. The highest BCUT2D eigenvalue weighted by Gasteiger charge is 2.22. The second-order valence-corrected chi connectivity index (χ2v) is 6.53. The Morgan fingerprint density at radius 3 is 2.53 bits per heavy atom. The predicted octanol–water partition coefficient (Wildman–Crippen LogP) is 3.56. The van der Waals surface area contributed by atoms with E-state index in [9.17, 15) is 0 Å². The van der Waals surface area contributed by atoms with Crippen LogP contribution in [0.1, 0.15) is 44.7 Å². The Hall–Kier alpha value is -1.19. The molecule has 1 aliphatic rings. The molecule has 1 atom stereocenters. The van der Waals surface area contributed by atoms with Gasteiger partial charge in [-0.2, -0.15) is 0 Å². The lowest BCUT2D eigenvalue weighted by atomic mass is 10.0. The van der Waals surface area contributed by atoms with Crippen molar-refractivity contribution < 1.29 is 0 Å². The monoisotopic (exact) mass is 272 g/mol. The van der Waals surface area contributed by atoms with Gasteiger partial charge in [0.1, 0.15) is 5.01 Å². The van der Waals surface area contributed by atoms with E-state index in [0.717, 1.165) is 6.42 Å². The third-order valence-electron chi connectivity index (χ3n) is 3.73. The number of nitrogens with zero attached hydrogens (tertiary/aromatic N) is 1. The number of aromatic nitrogens is 1. The summed E-state index contributed by atoms with van der Waals surface area (Å²) in [4.78, 5) is 6.35. The van der Waals surface area contributed by atoms with Crippen LogP contribution >= 0.6 is 11.3 Å². The van der Waals surface area contributed by atoms with E-state index >= 15 is 0 Å². The van der Waals surface area contributed by atoms with Crippen LogP contribution in [0.15, 0.2) is 18.2 Å². The zero-order chi connectivity index (χ0) is 13.4. The van der Waals surface area contributed by atoms with E-state index in [1.54, 1.807) is 0 Å². The lowest BCUT2D eigenvalue weighted by molar-refractivity contribution is 0.681. The highest BCUT2D eigenvalue weighted by atomic mass is 32.1. The van der Waals surface area contributed by atoms with Crippen molar-refractivity contribution in [1.29, 1.82) is 0 Å². The number of rotatable bonds is 3. The number of thiazole rings is 1. The molecule has 1 aliphatic carbocycles. The molecule has 0 spiro atoms. The van der Waals surface area contributed by atoms with Crippen molar-refractivity contribution in [1.82, 2.24) is 10.3 Å². The van der Waals surface area contributed by atoms with E-state index in [1.165, 1.54) is 45.1 Å². The lowest BCUT2D eigenvalue weighted by Crippen LogP contribution is -2.17. The fourth-order valence-electron chi connectivity index (χ4n) is 2.94. The van der Waals surface area contributed by atoms with Gasteiger partial charge in [0.25, 0.3) is 0 Å². The van der Waals surface area contributed by atoms with Gasteiger partial charge < -0.3 is 5.32 Å². The van der Waals surface area contributed by atoms with Crippen LogP contribution in [-0.2, 0) is 12.8 Å². The Kier molecular flexibility index (Phi) is 3.42. The molecule has 1 heterocycles. The van der Waals surface area contributed by atoms with Crippen molar-refractivity contribution in [3.63, 3.8) is 0 Å². The summed E-state index contributed by atoms with van der Waals surface area (Å²) in [5.41, 5.74) is 5.30. The van der Waals surface area contributed by atoms with E-state index in [0.29, 0.717) is 0 Å². The summed E-state index contributed by atoms with van der Waals surface area (Å²) in [5.74, 6) is 0. The third kappa shape index (κ3) is 2.45. The number of hydrogen-bond donors (Lipinski definition) is 1. The standard InChI is InChI=1S/C16H20N2S/c1-10-7-11(2)9-12(8-10)15(17-3)16-18-13-5-4-6-14(13)19-16/h7-9,15,17H,4-6H2,1-3H3. The average molecular weight is 272 g/mol. The summed E-state index contributed by atoms with van der Waals surface area (Å²) in [7, 11) is 2.02. The third-order valence-corrected chi connectivity index (χ3v) is 4.95.